The number of nitrogens with two attached hydrogens (primary N) is 1. The summed E-state index contributed by atoms with van der Waals surface area (Å²) in [4.78, 5) is 0.0384. The SMILES string of the molecule is Cc1ccc(N(C)S(=O)(=O)c2ccc(N)cc2Cl)cc1. The van der Waals surface area contributed by atoms with Crippen LogP contribution >= 0.6 is 11.6 Å². The maximum atomic E-state index is 12.6. The van der Waals surface area contributed by atoms with Crippen molar-refractivity contribution in [3.8, 4) is 0 Å². The molecule has 20 heavy (non-hydrogen) atoms. The molecule has 0 aromatic heterocycles. The van der Waals surface area contributed by atoms with Crippen molar-refractivity contribution >= 4 is 33.0 Å². The highest BCUT2D eigenvalue weighted by atomic mass is 35.5. The van der Waals surface area contributed by atoms with Gasteiger partial charge in [-0.05, 0) is 37.3 Å². The molecule has 0 aliphatic carbocycles. The summed E-state index contributed by atoms with van der Waals surface area (Å²) in [6, 6.07) is 11.6. The Morgan fingerprint density at radius 3 is 2.25 bits per heavy atom. The first-order valence-corrected chi connectivity index (χ1v) is 7.75. The highest BCUT2D eigenvalue weighted by Gasteiger charge is 2.23. The van der Waals surface area contributed by atoms with Crippen molar-refractivity contribution in [2.24, 2.45) is 0 Å². The number of anilines is 2. The second-order valence-electron chi connectivity index (χ2n) is 4.50. The van der Waals surface area contributed by atoms with E-state index in [-0.39, 0.29) is 9.92 Å². The van der Waals surface area contributed by atoms with Crippen molar-refractivity contribution in [3.63, 3.8) is 0 Å². The summed E-state index contributed by atoms with van der Waals surface area (Å²) in [5.41, 5.74) is 7.64. The summed E-state index contributed by atoms with van der Waals surface area (Å²) in [7, 11) is -2.21. The molecule has 0 saturated carbocycles. The lowest BCUT2D eigenvalue weighted by atomic mass is 10.2. The molecule has 0 amide bonds. The number of benzene rings is 2. The molecule has 0 heterocycles. The Labute approximate surface area is 123 Å². The van der Waals surface area contributed by atoms with Crippen LogP contribution in [0.1, 0.15) is 5.56 Å². The van der Waals surface area contributed by atoms with E-state index in [4.69, 9.17) is 17.3 Å². The molecule has 0 radical (unpaired) electrons. The van der Waals surface area contributed by atoms with E-state index in [9.17, 15) is 8.42 Å². The molecule has 6 heteroatoms. The quantitative estimate of drug-likeness (QED) is 0.886. The van der Waals surface area contributed by atoms with Crippen LogP contribution in [0, 0.1) is 6.92 Å². The fourth-order valence-electron chi connectivity index (χ4n) is 1.77. The molecule has 2 aromatic rings. The topological polar surface area (TPSA) is 63.4 Å². The normalized spacial score (nSPS) is 11.3. The molecular weight excluding hydrogens is 296 g/mol. The number of nitrogens with zero attached hydrogens (tertiary/aromatic N) is 1. The fourth-order valence-corrected chi connectivity index (χ4v) is 3.49. The van der Waals surface area contributed by atoms with E-state index in [1.54, 1.807) is 12.1 Å². The monoisotopic (exact) mass is 310 g/mol. The molecule has 0 atom stereocenters. The predicted molar refractivity (Wildman–Crippen MR) is 82.6 cm³/mol. The lowest BCUT2D eigenvalue weighted by Crippen LogP contribution is -2.26. The Kier molecular flexibility index (Phi) is 3.92. The van der Waals surface area contributed by atoms with Gasteiger partial charge in [-0.25, -0.2) is 8.42 Å². The molecule has 0 spiro atoms. The molecule has 106 valence electrons. The lowest BCUT2D eigenvalue weighted by Gasteiger charge is -2.20. The second kappa shape index (κ2) is 5.34. The zero-order chi connectivity index (χ0) is 14.9. The number of hydrogen-bond donors (Lipinski definition) is 1. The van der Waals surface area contributed by atoms with Crippen molar-refractivity contribution in [3.05, 3.63) is 53.1 Å². The summed E-state index contributed by atoms with van der Waals surface area (Å²) < 4.78 is 26.3. The van der Waals surface area contributed by atoms with Crippen LogP contribution in [0.5, 0.6) is 0 Å². The minimum absolute atomic E-state index is 0.0384. The highest BCUT2D eigenvalue weighted by molar-refractivity contribution is 7.93. The van der Waals surface area contributed by atoms with Crippen LogP contribution in [-0.2, 0) is 10.0 Å². The molecule has 4 nitrogen and oxygen atoms in total. The van der Waals surface area contributed by atoms with Gasteiger partial charge in [0.2, 0.25) is 0 Å². The van der Waals surface area contributed by atoms with Crippen molar-refractivity contribution in [1.82, 2.24) is 0 Å². The van der Waals surface area contributed by atoms with E-state index in [0.29, 0.717) is 11.4 Å². The predicted octanol–water partition coefficient (Wildman–Crippen LogP) is 3.06. The van der Waals surface area contributed by atoms with Gasteiger partial charge in [-0.3, -0.25) is 4.31 Å². The number of sulfonamides is 1. The third kappa shape index (κ3) is 2.73. The van der Waals surface area contributed by atoms with Gasteiger partial charge in [-0.2, -0.15) is 0 Å². The van der Waals surface area contributed by atoms with E-state index in [1.807, 2.05) is 19.1 Å². The summed E-state index contributed by atoms with van der Waals surface area (Å²) >= 11 is 5.98. The minimum Gasteiger partial charge on any atom is -0.399 e. The van der Waals surface area contributed by atoms with Gasteiger partial charge in [0.15, 0.2) is 0 Å². The summed E-state index contributed by atoms with van der Waals surface area (Å²) in [6.07, 6.45) is 0. The molecule has 2 N–H and O–H groups in total. The maximum absolute atomic E-state index is 12.6. The Hall–Kier alpha value is -1.72. The fraction of sp³-hybridized carbons (Fsp3) is 0.143. The molecule has 2 aromatic carbocycles. The van der Waals surface area contributed by atoms with Gasteiger partial charge in [0.25, 0.3) is 10.0 Å². The van der Waals surface area contributed by atoms with Crippen molar-refractivity contribution in [2.75, 3.05) is 17.1 Å². The molecule has 2 rings (SSSR count). The number of rotatable bonds is 3. The van der Waals surface area contributed by atoms with E-state index in [2.05, 4.69) is 0 Å². The maximum Gasteiger partial charge on any atom is 0.265 e. The zero-order valence-electron chi connectivity index (χ0n) is 11.2. The van der Waals surface area contributed by atoms with Gasteiger partial charge in [-0.1, -0.05) is 29.3 Å². The van der Waals surface area contributed by atoms with Gasteiger partial charge in [0, 0.05) is 12.7 Å². The number of aryl methyl sites for hydroxylation is 1. The van der Waals surface area contributed by atoms with Crippen LogP contribution in [-0.4, -0.2) is 15.5 Å². The van der Waals surface area contributed by atoms with Crippen LogP contribution in [0.4, 0.5) is 11.4 Å². The van der Waals surface area contributed by atoms with Crippen molar-refractivity contribution in [2.45, 2.75) is 11.8 Å². The highest BCUT2D eigenvalue weighted by Crippen LogP contribution is 2.28. The van der Waals surface area contributed by atoms with Crippen LogP contribution in [0.25, 0.3) is 0 Å². The standard InChI is InChI=1S/C14H15ClN2O2S/c1-10-3-6-12(7-4-10)17(2)20(18,19)14-8-5-11(16)9-13(14)15/h3-9H,16H2,1-2H3. The van der Waals surface area contributed by atoms with E-state index in [1.165, 1.54) is 29.6 Å². The number of halogens is 1. The minimum atomic E-state index is -3.71. The lowest BCUT2D eigenvalue weighted by molar-refractivity contribution is 0.594. The Balaban J connectivity index is 2.46. The molecule has 0 aliphatic heterocycles. The molecule has 0 unspecified atom stereocenters. The summed E-state index contributed by atoms with van der Waals surface area (Å²) in [6.45, 7) is 1.94. The van der Waals surface area contributed by atoms with Gasteiger partial charge < -0.3 is 5.73 Å². The van der Waals surface area contributed by atoms with E-state index >= 15 is 0 Å². The number of hydrogen-bond acceptors (Lipinski definition) is 3. The largest absolute Gasteiger partial charge is 0.399 e. The Morgan fingerprint density at radius 2 is 1.70 bits per heavy atom. The van der Waals surface area contributed by atoms with Crippen LogP contribution in [0.3, 0.4) is 0 Å². The van der Waals surface area contributed by atoms with Gasteiger partial charge in [0.1, 0.15) is 4.90 Å². The number of nitrogen functional groups attached to an aromatic ring is 1. The average molecular weight is 311 g/mol. The Bertz CT molecular complexity index is 727. The molecule has 0 aliphatic rings. The van der Waals surface area contributed by atoms with Gasteiger partial charge in [-0.15, -0.1) is 0 Å². The Morgan fingerprint density at radius 1 is 1.10 bits per heavy atom. The first-order chi connectivity index (χ1) is 9.32. The van der Waals surface area contributed by atoms with Crippen LogP contribution < -0.4 is 10.0 Å². The van der Waals surface area contributed by atoms with Gasteiger partial charge >= 0.3 is 0 Å². The zero-order valence-corrected chi connectivity index (χ0v) is 12.7. The smallest absolute Gasteiger partial charge is 0.265 e. The second-order valence-corrected chi connectivity index (χ2v) is 6.84. The third-order valence-corrected chi connectivity index (χ3v) is 5.26. The van der Waals surface area contributed by atoms with Crippen LogP contribution in [0.15, 0.2) is 47.4 Å². The first kappa shape index (κ1) is 14.7. The first-order valence-electron chi connectivity index (χ1n) is 5.93. The summed E-state index contributed by atoms with van der Waals surface area (Å²) in [5, 5.41) is 0.115. The summed E-state index contributed by atoms with van der Waals surface area (Å²) in [5.74, 6) is 0. The van der Waals surface area contributed by atoms with E-state index < -0.39 is 10.0 Å². The third-order valence-electron chi connectivity index (χ3n) is 2.99. The van der Waals surface area contributed by atoms with Gasteiger partial charge in [0.05, 0.1) is 10.7 Å². The molecular formula is C14H15ClN2O2S. The molecule has 0 fully saturated rings. The van der Waals surface area contributed by atoms with E-state index in [0.717, 1.165) is 5.56 Å². The molecule has 0 saturated heterocycles. The van der Waals surface area contributed by atoms with Crippen molar-refractivity contribution < 1.29 is 8.42 Å². The van der Waals surface area contributed by atoms with Crippen molar-refractivity contribution in [1.29, 1.82) is 0 Å². The average Bonchev–Trinajstić information content (AvgIpc) is 2.38. The molecule has 0 bridgehead atoms. The van der Waals surface area contributed by atoms with Crippen LogP contribution in [0.2, 0.25) is 5.02 Å².